The molecule has 0 saturated heterocycles. The van der Waals surface area contributed by atoms with Crippen molar-refractivity contribution in [1.82, 2.24) is 4.98 Å². The minimum Gasteiger partial charge on any atom is -0.477 e. The maximum atomic E-state index is 11.3. The molecule has 0 spiro atoms. The lowest BCUT2D eigenvalue weighted by Gasteiger charge is -2.24. The van der Waals surface area contributed by atoms with Crippen molar-refractivity contribution < 1.29 is 9.90 Å². The lowest BCUT2D eigenvalue weighted by atomic mass is 10.0. The summed E-state index contributed by atoms with van der Waals surface area (Å²) in [6.45, 7) is 0. The van der Waals surface area contributed by atoms with Gasteiger partial charge in [0.05, 0.1) is 16.8 Å². The van der Waals surface area contributed by atoms with Crippen LogP contribution >= 0.6 is 23.2 Å². The van der Waals surface area contributed by atoms with Gasteiger partial charge in [-0.05, 0) is 29.8 Å². The van der Waals surface area contributed by atoms with E-state index in [0.29, 0.717) is 15.7 Å². The maximum absolute atomic E-state index is 11.3. The fourth-order valence-electron chi connectivity index (χ4n) is 2.36. The van der Waals surface area contributed by atoms with Gasteiger partial charge in [-0.1, -0.05) is 29.3 Å². The summed E-state index contributed by atoms with van der Waals surface area (Å²) in [5.41, 5.74) is 1.56. The molecule has 1 aliphatic rings. The van der Waals surface area contributed by atoms with Gasteiger partial charge in [-0.15, -0.1) is 0 Å². The Bertz CT molecular complexity index is 750. The molecule has 0 amide bonds. The van der Waals surface area contributed by atoms with Crippen molar-refractivity contribution in [3.8, 4) is 0 Å². The Morgan fingerprint density at radius 1 is 1.32 bits per heavy atom. The van der Waals surface area contributed by atoms with E-state index >= 15 is 0 Å². The highest BCUT2D eigenvalue weighted by Gasteiger charge is 2.33. The van der Waals surface area contributed by atoms with Crippen molar-refractivity contribution in [2.45, 2.75) is 12.5 Å². The average molecular weight is 336 g/mol. The Kier molecular flexibility index (Phi) is 4.00. The van der Waals surface area contributed by atoms with Gasteiger partial charge >= 0.3 is 5.97 Å². The number of aliphatic carboxylic acids is 1. The van der Waals surface area contributed by atoms with Gasteiger partial charge in [-0.25, -0.2) is 4.79 Å². The molecule has 0 saturated carbocycles. The van der Waals surface area contributed by atoms with Crippen molar-refractivity contribution >= 4 is 40.6 Å². The molecule has 2 heterocycles. The first kappa shape index (κ1) is 14.8. The summed E-state index contributed by atoms with van der Waals surface area (Å²) in [4.78, 5) is 15.4. The van der Waals surface area contributed by atoms with E-state index in [2.05, 4.69) is 10.1 Å². The number of hydrazone groups is 1. The standard InChI is InChI=1S/C15H11Cl2N3O2/c16-10-3-4-13(11(17)6-10)20-14(7-12(19-20)15(21)22)9-2-1-5-18-8-9/h1-6,8,14H,7H2,(H,21,22). The second-order valence-electron chi connectivity index (χ2n) is 4.80. The van der Waals surface area contributed by atoms with Crippen molar-refractivity contribution in [2.75, 3.05) is 5.01 Å². The monoisotopic (exact) mass is 335 g/mol. The summed E-state index contributed by atoms with van der Waals surface area (Å²) in [5, 5.41) is 16.0. The van der Waals surface area contributed by atoms with Crippen LogP contribution < -0.4 is 5.01 Å². The zero-order valence-electron chi connectivity index (χ0n) is 11.3. The molecule has 1 aromatic heterocycles. The predicted octanol–water partition coefficient (Wildman–Crippen LogP) is 3.78. The van der Waals surface area contributed by atoms with Gasteiger partial charge in [-0.3, -0.25) is 9.99 Å². The third-order valence-corrected chi connectivity index (χ3v) is 3.92. The van der Waals surface area contributed by atoms with Gasteiger partial charge < -0.3 is 5.11 Å². The zero-order valence-corrected chi connectivity index (χ0v) is 12.8. The van der Waals surface area contributed by atoms with Gasteiger partial charge in [0.25, 0.3) is 0 Å². The summed E-state index contributed by atoms with van der Waals surface area (Å²) in [5.74, 6) is -1.04. The Labute approximate surface area is 136 Å². The molecule has 2 aromatic rings. The third-order valence-electron chi connectivity index (χ3n) is 3.38. The molecule has 0 aliphatic carbocycles. The molecule has 1 aliphatic heterocycles. The van der Waals surface area contributed by atoms with Crippen molar-refractivity contribution in [3.05, 3.63) is 58.3 Å². The van der Waals surface area contributed by atoms with E-state index in [0.717, 1.165) is 5.56 Å². The molecule has 22 heavy (non-hydrogen) atoms. The van der Waals surface area contributed by atoms with Crippen molar-refractivity contribution in [2.24, 2.45) is 5.10 Å². The van der Waals surface area contributed by atoms with Crippen molar-refractivity contribution in [1.29, 1.82) is 0 Å². The lowest BCUT2D eigenvalue weighted by Crippen LogP contribution is -2.19. The number of aromatic nitrogens is 1. The smallest absolute Gasteiger partial charge is 0.352 e. The summed E-state index contributed by atoms with van der Waals surface area (Å²) in [7, 11) is 0. The first-order valence-corrected chi connectivity index (χ1v) is 7.27. The summed E-state index contributed by atoms with van der Waals surface area (Å²) in [6.07, 6.45) is 3.64. The van der Waals surface area contributed by atoms with Crippen LogP contribution in [-0.4, -0.2) is 21.8 Å². The number of halogens is 2. The molecule has 112 valence electrons. The summed E-state index contributed by atoms with van der Waals surface area (Å²) < 4.78 is 0. The molecule has 5 nitrogen and oxygen atoms in total. The highest BCUT2D eigenvalue weighted by molar-refractivity contribution is 6.38. The second kappa shape index (κ2) is 5.94. The quantitative estimate of drug-likeness (QED) is 0.926. The molecule has 1 atom stereocenters. The first-order valence-electron chi connectivity index (χ1n) is 6.51. The van der Waals surface area contributed by atoms with Gasteiger partial charge in [0.2, 0.25) is 0 Å². The van der Waals surface area contributed by atoms with Crippen molar-refractivity contribution in [3.63, 3.8) is 0 Å². The number of rotatable bonds is 3. The van der Waals surface area contributed by atoms with E-state index in [9.17, 15) is 9.90 Å². The number of pyridine rings is 1. The fourth-order valence-corrected chi connectivity index (χ4v) is 2.86. The first-order chi connectivity index (χ1) is 10.6. The van der Waals surface area contributed by atoms with Crippen LogP contribution in [0.2, 0.25) is 10.0 Å². The number of nitrogens with zero attached hydrogens (tertiary/aromatic N) is 3. The lowest BCUT2D eigenvalue weighted by molar-refractivity contribution is -0.129. The summed E-state index contributed by atoms with van der Waals surface area (Å²) >= 11 is 12.1. The predicted molar refractivity (Wildman–Crippen MR) is 85.6 cm³/mol. The largest absolute Gasteiger partial charge is 0.477 e. The Hall–Kier alpha value is -2.11. The van der Waals surface area contributed by atoms with Crippen LogP contribution in [0.4, 0.5) is 5.69 Å². The van der Waals surface area contributed by atoms with Crippen LogP contribution in [0.25, 0.3) is 0 Å². The van der Waals surface area contributed by atoms with E-state index in [1.54, 1.807) is 41.7 Å². The number of anilines is 1. The molecule has 0 radical (unpaired) electrons. The van der Waals surface area contributed by atoms with E-state index in [1.165, 1.54) is 0 Å². The van der Waals surface area contributed by atoms with Crippen LogP contribution in [0, 0.1) is 0 Å². The molecule has 3 rings (SSSR count). The van der Waals surface area contributed by atoms with Crippen LogP contribution in [-0.2, 0) is 4.79 Å². The minimum atomic E-state index is -1.04. The van der Waals surface area contributed by atoms with Crippen LogP contribution in [0.15, 0.2) is 47.8 Å². The average Bonchev–Trinajstić information content (AvgIpc) is 2.93. The number of hydrogen-bond acceptors (Lipinski definition) is 4. The molecule has 1 N–H and O–H groups in total. The molecule has 1 unspecified atom stereocenters. The third kappa shape index (κ3) is 2.77. The normalized spacial score (nSPS) is 17.5. The molecular weight excluding hydrogens is 325 g/mol. The highest BCUT2D eigenvalue weighted by Crippen LogP contribution is 2.39. The maximum Gasteiger partial charge on any atom is 0.352 e. The Morgan fingerprint density at radius 2 is 2.14 bits per heavy atom. The van der Waals surface area contributed by atoms with Gasteiger partial charge in [0.15, 0.2) is 0 Å². The molecule has 0 fully saturated rings. The number of hydrogen-bond donors (Lipinski definition) is 1. The number of benzene rings is 1. The minimum absolute atomic E-state index is 0.0832. The van der Waals surface area contributed by atoms with Gasteiger partial charge in [-0.2, -0.15) is 5.10 Å². The summed E-state index contributed by atoms with van der Waals surface area (Å²) in [6, 6.07) is 8.44. The van der Waals surface area contributed by atoms with E-state index in [1.807, 2.05) is 6.07 Å². The van der Waals surface area contributed by atoms with E-state index in [4.69, 9.17) is 23.2 Å². The van der Waals surface area contributed by atoms with Crippen LogP contribution in [0.5, 0.6) is 0 Å². The number of carboxylic acid groups (broad SMARTS) is 1. The molecule has 0 bridgehead atoms. The highest BCUT2D eigenvalue weighted by atomic mass is 35.5. The number of carbonyl (C=O) groups is 1. The zero-order chi connectivity index (χ0) is 15.7. The van der Waals surface area contributed by atoms with Gasteiger partial charge in [0, 0.05) is 23.8 Å². The van der Waals surface area contributed by atoms with Crippen LogP contribution in [0.1, 0.15) is 18.0 Å². The van der Waals surface area contributed by atoms with Crippen LogP contribution in [0.3, 0.4) is 0 Å². The fraction of sp³-hybridized carbons (Fsp3) is 0.133. The van der Waals surface area contributed by atoms with E-state index < -0.39 is 5.97 Å². The topological polar surface area (TPSA) is 65.8 Å². The van der Waals surface area contributed by atoms with Gasteiger partial charge in [0.1, 0.15) is 5.71 Å². The van der Waals surface area contributed by atoms with E-state index in [-0.39, 0.29) is 18.2 Å². The molecule has 7 heteroatoms. The SMILES string of the molecule is O=C(O)C1=NN(c2ccc(Cl)cc2Cl)C(c2cccnc2)C1. The molecular formula is C15H11Cl2N3O2. The second-order valence-corrected chi connectivity index (χ2v) is 5.64. The molecule has 1 aromatic carbocycles. The Balaban J connectivity index is 2.05. The number of carboxylic acids is 1. The Morgan fingerprint density at radius 3 is 2.77 bits per heavy atom.